The van der Waals surface area contributed by atoms with E-state index in [1.807, 2.05) is 32.0 Å². The van der Waals surface area contributed by atoms with E-state index >= 15 is 0 Å². The molecule has 0 atom stereocenters. The molecule has 0 unspecified atom stereocenters. The van der Waals surface area contributed by atoms with E-state index in [2.05, 4.69) is 0 Å². The number of aromatic nitrogens is 1. The van der Waals surface area contributed by atoms with Crippen molar-refractivity contribution in [1.82, 2.24) is 4.57 Å². The lowest BCUT2D eigenvalue weighted by Crippen LogP contribution is -2.25. The van der Waals surface area contributed by atoms with Gasteiger partial charge in [-0.2, -0.15) is 0 Å². The van der Waals surface area contributed by atoms with E-state index in [-0.39, 0.29) is 0 Å². The average Bonchev–Trinajstić information content (AvgIpc) is 2.47. The van der Waals surface area contributed by atoms with Crippen LogP contribution in [-0.4, -0.2) is 4.57 Å². The molecule has 0 aliphatic rings. The summed E-state index contributed by atoms with van der Waals surface area (Å²) >= 11 is 0. The third-order valence-corrected chi connectivity index (χ3v) is 3.65. The van der Waals surface area contributed by atoms with Crippen molar-refractivity contribution < 1.29 is 4.42 Å². The van der Waals surface area contributed by atoms with Crippen molar-refractivity contribution in [3.05, 3.63) is 80.1 Å². The monoisotopic (exact) mass is 281 g/mol. The summed E-state index contributed by atoms with van der Waals surface area (Å²) < 4.78 is 6.31. The van der Waals surface area contributed by atoms with Crippen molar-refractivity contribution in [2.24, 2.45) is 0 Å². The number of benzene rings is 2. The molecule has 0 saturated carbocycles. The zero-order valence-electron chi connectivity index (χ0n) is 11.9. The fourth-order valence-electron chi connectivity index (χ4n) is 2.46. The van der Waals surface area contributed by atoms with Gasteiger partial charge in [0.15, 0.2) is 0 Å². The van der Waals surface area contributed by atoms with Gasteiger partial charge >= 0.3 is 11.4 Å². The first-order valence-electron chi connectivity index (χ1n) is 6.75. The van der Waals surface area contributed by atoms with Gasteiger partial charge in [0.2, 0.25) is 0 Å². The van der Waals surface area contributed by atoms with Gasteiger partial charge in [-0.1, -0.05) is 35.9 Å². The average molecular weight is 281 g/mol. The molecule has 2 aromatic carbocycles. The Hall–Kier alpha value is -2.62. The lowest BCUT2D eigenvalue weighted by Gasteiger charge is -2.11. The summed E-state index contributed by atoms with van der Waals surface area (Å²) in [6.45, 7) is 4.40. The Morgan fingerprint density at radius 2 is 1.81 bits per heavy atom. The van der Waals surface area contributed by atoms with Gasteiger partial charge in [-0.3, -0.25) is 4.57 Å². The van der Waals surface area contributed by atoms with Gasteiger partial charge in [0, 0.05) is 0 Å². The summed E-state index contributed by atoms with van der Waals surface area (Å²) in [7, 11) is 0. The van der Waals surface area contributed by atoms with Crippen LogP contribution in [0.2, 0.25) is 0 Å². The molecule has 1 aromatic heterocycles. The van der Waals surface area contributed by atoms with E-state index in [9.17, 15) is 9.59 Å². The second-order valence-electron chi connectivity index (χ2n) is 5.19. The second kappa shape index (κ2) is 5.05. The Balaban J connectivity index is 2.24. The molecule has 0 bridgehead atoms. The highest BCUT2D eigenvalue weighted by molar-refractivity contribution is 5.77. The Morgan fingerprint density at radius 3 is 2.62 bits per heavy atom. The van der Waals surface area contributed by atoms with Crippen LogP contribution < -0.4 is 11.4 Å². The van der Waals surface area contributed by atoms with Crippen LogP contribution in [0.15, 0.2) is 56.5 Å². The molecule has 0 saturated heterocycles. The molecule has 4 nitrogen and oxygen atoms in total. The number of nitrogens with zero attached hydrogens (tertiary/aromatic N) is 1. The Morgan fingerprint density at radius 1 is 1.05 bits per heavy atom. The minimum Gasteiger partial charge on any atom is -0.372 e. The molecular weight excluding hydrogens is 266 g/mol. The quantitative estimate of drug-likeness (QED) is 0.725. The molecule has 4 heteroatoms. The molecule has 3 aromatic rings. The molecule has 3 rings (SSSR count). The lowest BCUT2D eigenvalue weighted by molar-refractivity contribution is 0.424. The largest absolute Gasteiger partial charge is 0.422 e. The molecule has 106 valence electrons. The van der Waals surface area contributed by atoms with Crippen LogP contribution >= 0.6 is 0 Å². The number of aryl methyl sites for hydroxylation is 2. The van der Waals surface area contributed by atoms with Gasteiger partial charge in [-0.05, 0) is 37.1 Å². The van der Waals surface area contributed by atoms with Crippen molar-refractivity contribution in [2.75, 3.05) is 0 Å². The summed E-state index contributed by atoms with van der Waals surface area (Å²) in [5.74, 6) is -0.625. The topological polar surface area (TPSA) is 52.2 Å². The molecule has 0 fully saturated rings. The highest BCUT2D eigenvalue weighted by Crippen LogP contribution is 2.14. The third kappa shape index (κ3) is 2.40. The first-order chi connectivity index (χ1) is 10.1. The van der Waals surface area contributed by atoms with Gasteiger partial charge in [-0.15, -0.1) is 0 Å². The van der Waals surface area contributed by atoms with Crippen molar-refractivity contribution in [1.29, 1.82) is 0 Å². The molecule has 21 heavy (non-hydrogen) atoms. The zero-order valence-corrected chi connectivity index (χ0v) is 11.9. The van der Waals surface area contributed by atoms with Crippen molar-refractivity contribution in [3.63, 3.8) is 0 Å². The fourth-order valence-corrected chi connectivity index (χ4v) is 2.46. The summed E-state index contributed by atoms with van der Waals surface area (Å²) in [4.78, 5) is 23.8. The van der Waals surface area contributed by atoms with E-state index in [0.717, 1.165) is 16.7 Å². The molecular formula is C17H15NO3. The van der Waals surface area contributed by atoms with E-state index in [0.29, 0.717) is 17.4 Å². The van der Waals surface area contributed by atoms with E-state index in [1.165, 1.54) is 4.57 Å². The van der Waals surface area contributed by atoms with Gasteiger partial charge in [0.25, 0.3) is 0 Å². The summed E-state index contributed by atoms with van der Waals surface area (Å²) in [6, 6.07) is 13.1. The zero-order chi connectivity index (χ0) is 15.0. The highest BCUT2D eigenvalue weighted by atomic mass is 16.4. The standard InChI is InChI=1S/C17H15NO3/c1-11-7-8-12(2)13(9-11)10-18-15-6-4-3-5-14(15)16(19)21-17(18)20/h3-9H,10H2,1-2H3. The van der Waals surface area contributed by atoms with Gasteiger partial charge in [0.1, 0.15) is 0 Å². The normalized spacial score (nSPS) is 11.0. The summed E-state index contributed by atoms with van der Waals surface area (Å²) in [5.41, 5.74) is 3.27. The lowest BCUT2D eigenvalue weighted by atomic mass is 10.1. The number of hydrogen-bond acceptors (Lipinski definition) is 3. The molecule has 0 spiro atoms. The van der Waals surface area contributed by atoms with Crippen LogP contribution in [0.5, 0.6) is 0 Å². The summed E-state index contributed by atoms with van der Waals surface area (Å²) in [5, 5.41) is 0.419. The smallest absolute Gasteiger partial charge is 0.372 e. The maximum absolute atomic E-state index is 12.1. The first-order valence-corrected chi connectivity index (χ1v) is 6.75. The van der Waals surface area contributed by atoms with Crippen LogP contribution in [0, 0.1) is 13.8 Å². The maximum atomic E-state index is 12.1. The van der Waals surface area contributed by atoms with E-state index in [1.54, 1.807) is 24.3 Å². The molecule has 0 radical (unpaired) electrons. The van der Waals surface area contributed by atoms with E-state index in [4.69, 9.17) is 4.42 Å². The van der Waals surface area contributed by atoms with Gasteiger partial charge in [0.05, 0.1) is 17.4 Å². The molecule has 0 aliphatic heterocycles. The molecule has 1 heterocycles. The highest BCUT2D eigenvalue weighted by Gasteiger charge is 2.10. The third-order valence-electron chi connectivity index (χ3n) is 3.65. The van der Waals surface area contributed by atoms with Crippen LogP contribution in [0.3, 0.4) is 0 Å². The van der Waals surface area contributed by atoms with Crippen molar-refractivity contribution in [2.45, 2.75) is 20.4 Å². The molecule has 0 aliphatic carbocycles. The van der Waals surface area contributed by atoms with Crippen LogP contribution in [-0.2, 0) is 6.54 Å². The Kier molecular flexibility index (Phi) is 3.22. The SMILES string of the molecule is Cc1ccc(C)c(Cn2c(=O)oc(=O)c3ccccc32)c1. The Labute approximate surface area is 121 Å². The number of para-hydroxylation sites is 1. The van der Waals surface area contributed by atoms with Gasteiger partial charge < -0.3 is 4.42 Å². The van der Waals surface area contributed by atoms with Crippen LogP contribution in [0.1, 0.15) is 16.7 Å². The second-order valence-corrected chi connectivity index (χ2v) is 5.19. The van der Waals surface area contributed by atoms with E-state index < -0.39 is 11.4 Å². The van der Waals surface area contributed by atoms with Crippen LogP contribution in [0.25, 0.3) is 10.9 Å². The first kappa shape index (κ1) is 13.4. The minimum absolute atomic E-state index is 0.386. The fraction of sp³-hybridized carbons (Fsp3) is 0.176. The number of fused-ring (bicyclic) bond motifs is 1. The predicted octanol–water partition coefficient (Wildman–Crippen LogP) is 2.62. The van der Waals surface area contributed by atoms with Crippen molar-refractivity contribution in [3.8, 4) is 0 Å². The molecule has 0 amide bonds. The number of rotatable bonds is 2. The maximum Gasteiger partial charge on any atom is 0.422 e. The Bertz CT molecular complexity index is 935. The van der Waals surface area contributed by atoms with Gasteiger partial charge in [-0.25, -0.2) is 9.59 Å². The number of hydrogen-bond donors (Lipinski definition) is 0. The minimum atomic E-state index is -0.625. The predicted molar refractivity (Wildman–Crippen MR) is 81.8 cm³/mol. The van der Waals surface area contributed by atoms with Crippen LogP contribution in [0.4, 0.5) is 0 Å². The molecule has 0 N–H and O–H groups in total. The summed E-state index contributed by atoms with van der Waals surface area (Å²) in [6.07, 6.45) is 0. The van der Waals surface area contributed by atoms with Crippen molar-refractivity contribution >= 4 is 10.9 Å².